The van der Waals surface area contributed by atoms with Gasteiger partial charge < -0.3 is 47.4 Å². The van der Waals surface area contributed by atoms with Crippen LogP contribution < -0.4 is 32.3 Å². The summed E-state index contributed by atoms with van der Waals surface area (Å²) in [6.45, 7) is 11.6. The molecule has 1 aromatic carbocycles. The molecule has 1 aliphatic heterocycles. The molecule has 0 radical (unpaired) electrons. The minimum atomic E-state index is -1.33. The monoisotopic (exact) mass is 759 g/mol. The van der Waals surface area contributed by atoms with E-state index < -0.39 is 114 Å². The van der Waals surface area contributed by atoms with E-state index in [4.69, 9.17) is 5.73 Å². The van der Waals surface area contributed by atoms with Gasteiger partial charge in [0.05, 0.1) is 6.04 Å². The van der Waals surface area contributed by atoms with Gasteiger partial charge in [-0.15, -0.1) is 0 Å². The Morgan fingerprint density at radius 1 is 0.722 bits per heavy atom. The summed E-state index contributed by atoms with van der Waals surface area (Å²) in [6.07, 6.45) is 0.197. The second kappa shape index (κ2) is 21.0. The van der Waals surface area contributed by atoms with Crippen molar-refractivity contribution >= 4 is 47.4 Å². The number of carboxylic acids is 2. The van der Waals surface area contributed by atoms with Crippen molar-refractivity contribution in [3.63, 3.8) is 0 Å². The van der Waals surface area contributed by atoms with Crippen LogP contribution >= 0.6 is 0 Å². The molecule has 17 nitrogen and oxygen atoms in total. The largest absolute Gasteiger partial charge is 0.481 e. The number of amides is 6. The average Bonchev–Trinajstić information content (AvgIpc) is 3.59. The van der Waals surface area contributed by atoms with Crippen molar-refractivity contribution in [2.45, 2.75) is 123 Å². The van der Waals surface area contributed by atoms with Crippen LogP contribution in [0.2, 0.25) is 0 Å². The molecule has 1 saturated heterocycles. The number of nitrogens with two attached hydrogens (primary N) is 1. The fourth-order valence-electron chi connectivity index (χ4n) is 5.95. The van der Waals surface area contributed by atoms with Gasteiger partial charge in [-0.05, 0) is 55.9 Å². The van der Waals surface area contributed by atoms with E-state index in [1.807, 2.05) is 6.07 Å². The van der Waals surface area contributed by atoms with Crippen LogP contribution in [0.25, 0.3) is 0 Å². The molecule has 1 fully saturated rings. The van der Waals surface area contributed by atoms with E-state index in [1.165, 1.54) is 11.8 Å². The number of carboxylic acid groups (broad SMARTS) is 2. The average molecular weight is 760 g/mol. The van der Waals surface area contributed by atoms with Gasteiger partial charge in [-0.25, -0.2) is 0 Å². The number of likely N-dealkylation sites (tertiary alicyclic amines) is 1. The molecule has 2 rings (SSSR count). The Balaban J connectivity index is 2.20. The molecule has 1 heterocycles. The lowest BCUT2D eigenvalue weighted by Crippen LogP contribution is -2.61. The smallest absolute Gasteiger partial charge is 0.325 e. The van der Waals surface area contributed by atoms with E-state index in [1.54, 1.807) is 65.8 Å². The third kappa shape index (κ3) is 13.4. The van der Waals surface area contributed by atoms with Crippen molar-refractivity contribution in [2.24, 2.45) is 23.5 Å². The summed E-state index contributed by atoms with van der Waals surface area (Å²) >= 11 is 0. The Labute approximate surface area is 315 Å². The molecule has 0 spiro atoms. The van der Waals surface area contributed by atoms with Gasteiger partial charge in [-0.1, -0.05) is 71.9 Å². The number of rotatable bonds is 20. The molecular weight excluding hydrogens is 702 g/mol. The number of hydrogen-bond acceptors (Lipinski definition) is 9. The van der Waals surface area contributed by atoms with Gasteiger partial charge in [0.2, 0.25) is 35.4 Å². The predicted octanol–water partition coefficient (Wildman–Crippen LogP) is -0.0913. The van der Waals surface area contributed by atoms with Crippen LogP contribution in [0.1, 0.15) is 79.7 Å². The zero-order valence-corrected chi connectivity index (χ0v) is 32.1. The second-order valence-electron chi connectivity index (χ2n) is 14.7. The number of carbonyl (C=O) groups is 8. The Morgan fingerprint density at radius 3 is 1.80 bits per heavy atom. The van der Waals surface area contributed by atoms with Crippen LogP contribution in [0.3, 0.4) is 0 Å². The number of hydrogen-bond donors (Lipinski definition) is 8. The minimum Gasteiger partial charge on any atom is -0.481 e. The highest BCUT2D eigenvalue weighted by atomic mass is 16.4. The summed E-state index contributed by atoms with van der Waals surface area (Å²) in [5, 5.41) is 31.4. The zero-order chi connectivity index (χ0) is 40.9. The van der Waals surface area contributed by atoms with Gasteiger partial charge in [-0.3, -0.25) is 38.4 Å². The molecule has 7 atom stereocenters. The summed E-state index contributed by atoms with van der Waals surface area (Å²) in [6, 6.07) is 1.04. The Bertz CT molecular complexity index is 1500. The zero-order valence-electron chi connectivity index (χ0n) is 32.1. The highest BCUT2D eigenvalue weighted by molar-refractivity contribution is 5.97. The van der Waals surface area contributed by atoms with Gasteiger partial charge in [-0.2, -0.15) is 0 Å². The van der Waals surface area contributed by atoms with Gasteiger partial charge in [0.1, 0.15) is 36.3 Å². The molecule has 0 aliphatic carbocycles. The molecule has 9 N–H and O–H groups in total. The number of aliphatic carboxylic acids is 2. The molecule has 0 saturated carbocycles. The van der Waals surface area contributed by atoms with Crippen LogP contribution in [-0.2, 0) is 44.8 Å². The van der Waals surface area contributed by atoms with Gasteiger partial charge in [0.25, 0.3) is 0 Å². The van der Waals surface area contributed by atoms with Crippen LogP contribution in [0.4, 0.5) is 0 Å². The SMILES string of the molecule is CC(C)[C@H](NC(=O)[C@H](CCC(=O)O)NC(=O)[C@@H](N)Cc1ccccc1)C(=O)N[C@H](C(=O)N1CCC[C@H]1C(=O)N[C@H](C(=O)N[C@@H](C)C(=O)O)C(C)C)C(C)C. The summed E-state index contributed by atoms with van der Waals surface area (Å²) in [7, 11) is 0. The maximum atomic E-state index is 14.0. The predicted molar refractivity (Wildman–Crippen MR) is 197 cm³/mol. The van der Waals surface area contributed by atoms with Gasteiger partial charge in [0.15, 0.2) is 0 Å². The molecule has 17 heteroatoms. The van der Waals surface area contributed by atoms with Crippen LogP contribution in [0.15, 0.2) is 30.3 Å². The fraction of sp³-hybridized carbons (Fsp3) is 0.622. The topological polar surface area (TPSA) is 266 Å². The lowest BCUT2D eigenvalue weighted by Gasteiger charge is -2.33. The Kier molecular flexibility index (Phi) is 17.5. The highest BCUT2D eigenvalue weighted by Gasteiger charge is 2.41. The molecular formula is C37H57N7O10. The Hall–Kier alpha value is -5.06. The van der Waals surface area contributed by atoms with Crippen molar-refractivity contribution < 1.29 is 48.6 Å². The number of carbonyl (C=O) groups excluding carboxylic acids is 6. The standard InChI is InChI=1S/C37H57N7O10/c1-19(2)28(34(50)39-22(7)37(53)54)42-33(49)26-14-11-17-44(26)36(52)30(21(5)6)43-35(51)29(20(3)4)41-32(48)25(15-16-27(45)46)40-31(47)24(38)18-23-12-9-8-10-13-23/h8-10,12-13,19-22,24-26,28-30H,11,14-18,38H2,1-7H3,(H,39,50)(H,40,47)(H,41,48)(H,42,49)(H,43,51)(H,45,46)(H,53,54)/t22-,24-,25-,26-,28-,29-,30-/m0/s1. The first-order chi connectivity index (χ1) is 25.2. The molecule has 300 valence electrons. The molecule has 1 aliphatic rings. The third-order valence-electron chi connectivity index (χ3n) is 9.21. The molecule has 6 amide bonds. The van der Waals surface area contributed by atoms with E-state index in [0.29, 0.717) is 6.42 Å². The normalized spacial score (nSPS) is 17.5. The molecule has 0 bridgehead atoms. The second-order valence-corrected chi connectivity index (χ2v) is 14.7. The number of nitrogens with one attached hydrogen (secondary N) is 5. The maximum absolute atomic E-state index is 14.0. The van der Waals surface area contributed by atoms with E-state index in [9.17, 15) is 48.6 Å². The lowest BCUT2D eigenvalue weighted by atomic mass is 9.98. The van der Waals surface area contributed by atoms with Crippen LogP contribution in [-0.4, -0.2) is 111 Å². The van der Waals surface area contributed by atoms with Crippen LogP contribution in [0, 0.1) is 17.8 Å². The summed E-state index contributed by atoms with van der Waals surface area (Å²) in [5.74, 6) is -7.85. The highest BCUT2D eigenvalue weighted by Crippen LogP contribution is 2.21. The summed E-state index contributed by atoms with van der Waals surface area (Å²) < 4.78 is 0. The number of nitrogens with zero attached hydrogens (tertiary/aromatic N) is 1. The Morgan fingerprint density at radius 2 is 1.26 bits per heavy atom. The summed E-state index contributed by atoms with van der Waals surface area (Å²) in [5.41, 5.74) is 6.88. The first kappa shape index (κ1) is 45.1. The molecule has 54 heavy (non-hydrogen) atoms. The van der Waals surface area contributed by atoms with Crippen molar-refractivity contribution in [3.8, 4) is 0 Å². The number of benzene rings is 1. The third-order valence-corrected chi connectivity index (χ3v) is 9.21. The van der Waals surface area contributed by atoms with Gasteiger partial charge in [0, 0.05) is 13.0 Å². The van der Waals surface area contributed by atoms with Gasteiger partial charge >= 0.3 is 11.9 Å². The van der Waals surface area contributed by atoms with E-state index in [2.05, 4.69) is 26.6 Å². The van der Waals surface area contributed by atoms with E-state index in [0.717, 1.165) is 5.56 Å². The quantitative estimate of drug-likeness (QED) is 0.0871. The fourth-order valence-corrected chi connectivity index (χ4v) is 5.95. The first-order valence-corrected chi connectivity index (χ1v) is 18.3. The molecule has 0 aromatic heterocycles. The van der Waals surface area contributed by atoms with E-state index >= 15 is 0 Å². The van der Waals surface area contributed by atoms with E-state index in [-0.39, 0.29) is 25.8 Å². The molecule has 1 aromatic rings. The van der Waals surface area contributed by atoms with Crippen molar-refractivity contribution in [1.29, 1.82) is 0 Å². The minimum absolute atomic E-state index is 0.167. The van der Waals surface area contributed by atoms with Crippen LogP contribution in [0.5, 0.6) is 0 Å². The van der Waals surface area contributed by atoms with Crippen molar-refractivity contribution in [2.75, 3.05) is 6.54 Å². The first-order valence-electron chi connectivity index (χ1n) is 18.3. The summed E-state index contributed by atoms with van der Waals surface area (Å²) in [4.78, 5) is 105. The van der Waals surface area contributed by atoms with Crippen molar-refractivity contribution in [3.05, 3.63) is 35.9 Å². The lowest BCUT2D eigenvalue weighted by molar-refractivity contribution is -0.144. The molecule has 0 unspecified atom stereocenters. The maximum Gasteiger partial charge on any atom is 0.325 e. The van der Waals surface area contributed by atoms with Crippen molar-refractivity contribution in [1.82, 2.24) is 31.5 Å².